The van der Waals surface area contributed by atoms with Gasteiger partial charge in [-0.05, 0) is 25.7 Å². The van der Waals surface area contributed by atoms with Crippen molar-refractivity contribution in [3.8, 4) is 0 Å². The molecular formula is C26H64O3Si6Yb. The molecule has 0 atom stereocenters. The molecule has 224 valence electrons. The van der Waals surface area contributed by atoms with Crippen molar-refractivity contribution in [3.05, 3.63) is 9.58 Å². The molecule has 0 aromatic rings. The van der Waals surface area contributed by atoms with Crippen LogP contribution < -0.4 is 0 Å². The van der Waals surface area contributed by atoms with Gasteiger partial charge in [0.25, 0.3) is 0 Å². The van der Waals surface area contributed by atoms with E-state index in [9.17, 15) is 0 Å². The van der Waals surface area contributed by atoms with E-state index in [2.05, 4.69) is 105 Å². The Balaban J connectivity index is 0. The van der Waals surface area contributed by atoms with Crippen molar-refractivity contribution in [2.24, 2.45) is 0 Å². The van der Waals surface area contributed by atoms with Gasteiger partial charge in [0, 0.05) is 43.1 Å². The Morgan fingerprint density at radius 1 is 0.417 bits per heavy atom. The van der Waals surface area contributed by atoms with E-state index in [0.717, 1.165) is 26.4 Å². The summed E-state index contributed by atoms with van der Waals surface area (Å²) in [6.45, 7) is 44.7. The molecule has 2 fully saturated rings. The predicted octanol–water partition coefficient (Wildman–Crippen LogP) is 8.74. The summed E-state index contributed by atoms with van der Waals surface area (Å²) in [4.78, 5) is 3.89. The summed E-state index contributed by atoms with van der Waals surface area (Å²) in [5.74, 6) is 0. The average Bonchev–Trinajstić information content (AvgIpc) is 3.26. The van der Waals surface area contributed by atoms with Crippen LogP contribution in [0.5, 0.6) is 0 Å². The first-order valence-corrected chi connectivity index (χ1v) is 33.9. The van der Waals surface area contributed by atoms with E-state index < -0.39 is 48.9 Å². The van der Waals surface area contributed by atoms with Crippen LogP contribution in [0.25, 0.3) is 0 Å². The zero-order chi connectivity index (χ0) is 27.9. The van der Waals surface area contributed by atoms with E-state index in [0.29, 0.717) is 0 Å². The van der Waals surface area contributed by atoms with E-state index in [1.165, 1.54) is 25.7 Å². The van der Waals surface area contributed by atoms with E-state index in [4.69, 9.17) is 13.6 Å². The smallest absolute Gasteiger partial charge is 0.507 e. The molecule has 2 heterocycles. The number of ether oxygens (including phenoxy) is 2. The van der Waals surface area contributed by atoms with Crippen molar-refractivity contribution in [3.63, 3.8) is 0 Å². The predicted molar refractivity (Wildman–Crippen MR) is 176 cm³/mol. The minimum atomic E-state index is -1.83. The molecule has 2 saturated heterocycles. The largest absolute Gasteiger partial charge is 2.00 e. The SMILES string of the molecule is C1CCOC1.C1CCOC1.C[Si](C)(C)[C-]([Si](C)(C)C)[Si](C)(C)O[Si](C)(C)[C-]([Si](C)(C)C)[Si](C)(C)C.[Yb+2]. The molecule has 0 amide bonds. The molecule has 0 radical (unpaired) electrons. The summed E-state index contributed by atoms with van der Waals surface area (Å²) in [6.07, 6.45) is 5.11. The molecule has 3 nitrogen and oxygen atoms in total. The molecule has 2 aliphatic rings. The van der Waals surface area contributed by atoms with Gasteiger partial charge in [-0.25, -0.2) is 0 Å². The van der Waals surface area contributed by atoms with Crippen LogP contribution in [0.1, 0.15) is 25.7 Å². The molecule has 0 aromatic carbocycles. The molecule has 2 aliphatic heterocycles. The topological polar surface area (TPSA) is 27.7 Å². The second kappa shape index (κ2) is 16.4. The Bertz CT molecular complexity index is 502. The summed E-state index contributed by atoms with van der Waals surface area (Å²) >= 11 is 0. The molecule has 0 aliphatic carbocycles. The Morgan fingerprint density at radius 3 is 0.722 bits per heavy atom. The fraction of sp³-hybridized carbons (Fsp3) is 0.923. The van der Waals surface area contributed by atoms with Crippen LogP contribution in [0.15, 0.2) is 0 Å². The van der Waals surface area contributed by atoms with Crippen LogP contribution in [0, 0.1) is 56.5 Å². The molecule has 10 heteroatoms. The van der Waals surface area contributed by atoms with Gasteiger partial charge in [0.05, 0.1) is 0 Å². The first-order valence-electron chi connectivity index (χ1n) is 14.1. The minimum Gasteiger partial charge on any atom is -0.507 e. The average molecular weight is 766 g/mol. The quantitative estimate of drug-likeness (QED) is 0.183. The second-order valence-electron chi connectivity index (χ2n) is 15.5. The van der Waals surface area contributed by atoms with Crippen molar-refractivity contribution >= 4 is 48.9 Å². The van der Waals surface area contributed by atoms with Crippen LogP contribution in [0.3, 0.4) is 0 Å². The van der Waals surface area contributed by atoms with Gasteiger partial charge in [-0.3, -0.25) is 9.58 Å². The van der Waals surface area contributed by atoms with E-state index >= 15 is 0 Å². The molecule has 0 saturated carbocycles. The maximum atomic E-state index is 7.40. The summed E-state index contributed by atoms with van der Waals surface area (Å²) in [7, 11) is -9.00. The first kappa shape index (κ1) is 40.8. The first-order chi connectivity index (χ1) is 15.4. The third-order valence-corrected chi connectivity index (χ3v) is 44.1. The molecule has 0 N–H and O–H groups in total. The maximum Gasteiger partial charge on any atom is 2.00 e. The van der Waals surface area contributed by atoms with Crippen LogP contribution in [0.2, 0.25) is 105 Å². The monoisotopic (exact) mass is 766 g/mol. The second-order valence-corrected chi connectivity index (χ2v) is 46.4. The van der Waals surface area contributed by atoms with Gasteiger partial charge < -0.3 is 13.6 Å². The van der Waals surface area contributed by atoms with Gasteiger partial charge in [-0.1, -0.05) is 137 Å². The summed E-state index contributed by atoms with van der Waals surface area (Å²) in [5, 5.41) is 0. The molecule has 0 bridgehead atoms. The van der Waals surface area contributed by atoms with Crippen LogP contribution in [0.4, 0.5) is 0 Å². The van der Waals surface area contributed by atoms with Crippen LogP contribution in [-0.4, -0.2) is 75.4 Å². The van der Waals surface area contributed by atoms with Gasteiger partial charge in [0.2, 0.25) is 0 Å². The maximum absolute atomic E-state index is 7.40. The Hall–Kier alpha value is 2.70. The minimum absolute atomic E-state index is 0. The molecule has 0 unspecified atom stereocenters. The Labute approximate surface area is 272 Å². The fourth-order valence-electron chi connectivity index (χ4n) is 7.62. The Morgan fingerprint density at radius 2 is 0.611 bits per heavy atom. The molecule has 36 heavy (non-hydrogen) atoms. The van der Waals surface area contributed by atoms with E-state index in [1.54, 1.807) is 0 Å². The number of hydrogen-bond donors (Lipinski definition) is 0. The third kappa shape index (κ3) is 15.6. The third-order valence-electron chi connectivity index (χ3n) is 6.37. The number of hydrogen-bond acceptors (Lipinski definition) is 3. The zero-order valence-corrected chi connectivity index (χ0v) is 34.9. The zero-order valence-electron chi connectivity index (χ0n) is 27.1. The van der Waals surface area contributed by atoms with Gasteiger partial charge in [0.1, 0.15) is 0 Å². The standard InChI is InChI=1S/C18H48OSi6.2C4H8O.Yb/c1-20(2,3)17(21(4,5)6)24(13,14)19-25(15,16)18(22(7,8)9)23(10,11)12;2*1-2-4-5-3-1;/h1-16H3;2*1-4H2;/q-2;;;+2. The van der Waals surface area contributed by atoms with Gasteiger partial charge in [-0.2, -0.15) is 0 Å². The molecule has 0 aromatic heterocycles. The summed E-state index contributed by atoms with van der Waals surface area (Å²) in [5.41, 5.74) is 0. The summed E-state index contributed by atoms with van der Waals surface area (Å²) in [6, 6.07) is 0. The van der Waals surface area contributed by atoms with E-state index in [-0.39, 0.29) is 46.9 Å². The fourth-order valence-corrected chi connectivity index (χ4v) is 62.3. The molecule has 2 rings (SSSR count). The molecule has 0 spiro atoms. The van der Waals surface area contributed by atoms with Crippen molar-refractivity contribution in [1.29, 1.82) is 0 Å². The van der Waals surface area contributed by atoms with Gasteiger partial charge in [-0.15, -0.1) is 0 Å². The van der Waals surface area contributed by atoms with Crippen molar-refractivity contribution in [2.45, 2.75) is 130 Å². The van der Waals surface area contributed by atoms with Crippen molar-refractivity contribution in [2.75, 3.05) is 26.4 Å². The van der Waals surface area contributed by atoms with Crippen LogP contribution >= 0.6 is 0 Å². The Kier molecular flexibility index (Phi) is 18.6. The normalized spacial score (nSPS) is 17.8. The molecular weight excluding hydrogens is 702 g/mol. The number of rotatable bonds is 8. The van der Waals surface area contributed by atoms with Crippen molar-refractivity contribution in [1.82, 2.24) is 0 Å². The summed E-state index contributed by atoms with van der Waals surface area (Å²) < 4.78 is 17.3. The van der Waals surface area contributed by atoms with Crippen molar-refractivity contribution < 1.29 is 60.5 Å². The van der Waals surface area contributed by atoms with Gasteiger partial charge >= 0.3 is 46.9 Å². The van der Waals surface area contributed by atoms with Gasteiger partial charge in [0.15, 0.2) is 0 Å². The van der Waals surface area contributed by atoms with E-state index in [1.807, 2.05) is 9.58 Å². The van der Waals surface area contributed by atoms with Crippen LogP contribution in [-0.2, 0) is 13.6 Å².